The van der Waals surface area contributed by atoms with Gasteiger partial charge in [0.2, 0.25) is 0 Å². The van der Waals surface area contributed by atoms with Crippen LogP contribution < -0.4 is 21.3 Å². The van der Waals surface area contributed by atoms with Gasteiger partial charge in [0.25, 0.3) is 0 Å². The normalized spacial score (nSPS) is 24.7. The Morgan fingerprint density at radius 1 is 0.785 bits per heavy atom. The van der Waals surface area contributed by atoms with E-state index >= 15 is 0 Å². The van der Waals surface area contributed by atoms with E-state index in [0.717, 1.165) is 82.0 Å². The number of aromatic nitrogens is 2. The summed E-state index contributed by atoms with van der Waals surface area (Å²) in [5.74, 6) is 0.361. The van der Waals surface area contributed by atoms with Crippen molar-refractivity contribution in [1.82, 2.24) is 20.6 Å². The second-order valence-electron chi connectivity index (χ2n) is 20.8. The van der Waals surface area contributed by atoms with Crippen LogP contribution in [0.15, 0.2) is 22.7 Å². The van der Waals surface area contributed by atoms with E-state index in [1.807, 2.05) is 13.8 Å². The third kappa shape index (κ3) is 11.2. The van der Waals surface area contributed by atoms with Crippen LogP contribution in [-0.4, -0.2) is 53.2 Å². The number of Topliss-reactive ketones (excluding diaryl/α,β-unsaturated/α-hetero) is 2. The van der Waals surface area contributed by atoms with Gasteiger partial charge in [-0.2, -0.15) is 0 Å². The third-order valence-corrected chi connectivity index (χ3v) is 15.4. The van der Waals surface area contributed by atoms with Crippen molar-refractivity contribution in [3.8, 4) is 0 Å². The molecule has 8 atom stereocenters. The molecule has 65 heavy (non-hydrogen) atoms. The van der Waals surface area contributed by atoms with E-state index in [1.165, 1.54) is 64.0 Å². The second kappa shape index (κ2) is 21.8. The number of aromatic amines is 2. The van der Waals surface area contributed by atoms with Crippen LogP contribution in [0.1, 0.15) is 189 Å². The van der Waals surface area contributed by atoms with Gasteiger partial charge in [0.15, 0.2) is 11.6 Å². The molecule has 10 nitrogen and oxygen atoms in total. The molecule has 5 heterocycles. The van der Waals surface area contributed by atoms with Crippen LogP contribution in [0.25, 0.3) is 23.8 Å². The number of ether oxygens (including phenoxy) is 2. The molecule has 356 valence electrons. The quantitative estimate of drug-likeness (QED) is 0.0551. The monoisotopic (exact) mass is 893 g/mol. The number of hydrogen-bond donors (Lipinski definition) is 4. The number of methoxy groups -OCH3 is 1. The zero-order valence-electron chi connectivity index (χ0n) is 41.8. The number of esters is 2. The average molecular weight is 893 g/mol. The largest absolute Gasteiger partial charge is 0.468 e. The molecule has 1 saturated heterocycles. The highest BCUT2D eigenvalue weighted by Gasteiger charge is 2.49. The number of nitrogens with one attached hydrogen (secondary N) is 4. The van der Waals surface area contributed by atoms with Gasteiger partial charge < -0.3 is 30.1 Å². The lowest BCUT2D eigenvalue weighted by molar-refractivity contribution is -0.144. The molecule has 1 aliphatic carbocycles. The summed E-state index contributed by atoms with van der Waals surface area (Å²) in [6.45, 7) is 24.0. The van der Waals surface area contributed by atoms with Crippen LogP contribution in [0.4, 0.5) is 0 Å². The molecule has 0 saturated carbocycles. The van der Waals surface area contributed by atoms with E-state index in [-0.39, 0.29) is 41.7 Å². The Bertz CT molecular complexity index is 2320. The summed E-state index contributed by atoms with van der Waals surface area (Å²) in [7, 11) is 1.32. The summed E-state index contributed by atoms with van der Waals surface area (Å²) in [6.07, 6.45) is 20.1. The minimum Gasteiger partial charge on any atom is -0.468 e. The van der Waals surface area contributed by atoms with Crippen LogP contribution in [0.5, 0.6) is 0 Å². The highest BCUT2D eigenvalue weighted by Crippen LogP contribution is 2.43. The van der Waals surface area contributed by atoms with Crippen LogP contribution >= 0.6 is 0 Å². The van der Waals surface area contributed by atoms with Gasteiger partial charge in [-0.3, -0.25) is 19.2 Å². The molecule has 4 N–H and O–H groups in total. The van der Waals surface area contributed by atoms with E-state index in [4.69, 9.17) is 9.47 Å². The highest BCUT2D eigenvalue weighted by molar-refractivity contribution is 6.19. The molecule has 0 aromatic carbocycles. The van der Waals surface area contributed by atoms with Crippen molar-refractivity contribution in [3.63, 3.8) is 0 Å². The summed E-state index contributed by atoms with van der Waals surface area (Å²) in [6, 6.07) is -0.471. The first kappa shape index (κ1) is 49.8. The van der Waals surface area contributed by atoms with Gasteiger partial charge in [0.05, 0.1) is 30.8 Å². The van der Waals surface area contributed by atoms with E-state index in [1.54, 1.807) is 6.92 Å². The molecule has 6 rings (SSSR count). The molecule has 4 aliphatic rings. The minimum atomic E-state index is -1.13. The molecular formula is C55H80N4O6. The molecule has 2 aromatic rings. The Hall–Kier alpha value is -4.60. The second-order valence-corrected chi connectivity index (χ2v) is 20.8. The van der Waals surface area contributed by atoms with Crippen molar-refractivity contribution < 1.29 is 28.7 Å². The predicted octanol–water partition coefficient (Wildman–Crippen LogP) is 10.4. The van der Waals surface area contributed by atoms with Crippen LogP contribution in [-0.2, 0) is 19.1 Å². The SMILES string of the molecule is CCC1=C2/C=c3\[nH]c4c(c3C)C(=O)[C@H](C(=O)OC)C=4C3N/C(=C\c4[nH]c(c(C(C)=O)c4C)/C=C(\N2)[C@@H]1C)[C@@H](C)[C@@H]3CCC(=O)OCCC(C)CCC[C@H](C)CCC[C@H](C)CCCC(C)C. The fraction of sp³-hybridized carbons (Fsp3) is 0.636. The Balaban J connectivity index is 1.19. The van der Waals surface area contributed by atoms with Crippen molar-refractivity contribution in [3.05, 3.63) is 67.0 Å². The number of carbonyl (C=O) groups excluding carboxylic acids is 4. The van der Waals surface area contributed by atoms with Gasteiger partial charge in [0, 0.05) is 57.5 Å². The summed E-state index contributed by atoms with van der Waals surface area (Å²) >= 11 is 0. The summed E-state index contributed by atoms with van der Waals surface area (Å²) in [4.78, 5) is 62.0. The van der Waals surface area contributed by atoms with E-state index in [9.17, 15) is 19.2 Å². The first-order valence-electron chi connectivity index (χ1n) is 25.1. The summed E-state index contributed by atoms with van der Waals surface area (Å²) in [5, 5.41) is 8.84. The van der Waals surface area contributed by atoms with E-state index in [0.29, 0.717) is 41.0 Å². The standard InChI is InChI=1S/C55H80N4O6/c1-13-39-34(7)41-29-46-48(38(11)60)36(9)43(57-46)27-42-35(8)40(52(58-42)50-51(55(63)64-12)54(62)49-37(10)44(59-53(49)50)28-45(39)56-41)23-24-47(61)65-26-25-33(6)22-16-21-32(5)20-15-19-31(4)18-14-17-30(2)3/h27-35,40,51-52,56-59H,13-26H2,1-12H3/b41-29-,42-27-,44-28-/t31-,32-,33?,34-,35+,40+,51-,52?/m1/s1. The topological polar surface area (TPSA) is 142 Å². The van der Waals surface area contributed by atoms with Crippen molar-refractivity contribution in [2.45, 2.75) is 166 Å². The Kier molecular flexibility index (Phi) is 16.7. The number of allylic oxidation sites excluding steroid dienone is 3. The van der Waals surface area contributed by atoms with Crippen molar-refractivity contribution in [2.75, 3.05) is 13.7 Å². The lowest BCUT2D eigenvalue weighted by atomic mass is 9.80. The number of ketones is 2. The number of fused-ring (bicyclic) bond motifs is 8. The zero-order valence-corrected chi connectivity index (χ0v) is 41.8. The maximum atomic E-state index is 14.4. The lowest BCUT2D eigenvalue weighted by Crippen LogP contribution is -2.38. The smallest absolute Gasteiger partial charge is 0.320 e. The number of carbonyl (C=O) groups is 4. The van der Waals surface area contributed by atoms with Crippen LogP contribution in [0.2, 0.25) is 0 Å². The van der Waals surface area contributed by atoms with Gasteiger partial charge in [-0.15, -0.1) is 0 Å². The molecule has 2 aromatic heterocycles. The molecule has 10 heteroatoms. The molecule has 0 radical (unpaired) electrons. The fourth-order valence-electron chi connectivity index (χ4n) is 11.3. The van der Waals surface area contributed by atoms with Gasteiger partial charge in [-0.05, 0) is 110 Å². The molecule has 3 aliphatic heterocycles. The van der Waals surface area contributed by atoms with E-state index < -0.39 is 17.9 Å². The van der Waals surface area contributed by atoms with Crippen molar-refractivity contribution in [1.29, 1.82) is 0 Å². The van der Waals surface area contributed by atoms with Gasteiger partial charge >= 0.3 is 11.9 Å². The Morgan fingerprint density at radius 2 is 1.40 bits per heavy atom. The van der Waals surface area contributed by atoms with E-state index in [2.05, 4.69) is 94.2 Å². The Labute approximate surface area is 389 Å². The van der Waals surface area contributed by atoms with Crippen molar-refractivity contribution >= 4 is 47.3 Å². The number of H-pyrrole nitrogens is 2. The first-order chi connectivity index (χ1) is 30.9. The fourth-order valence-corrected chi connectivity index (χ4v) is 11.3. The lowest BCUT2D eigenvalue weighted by Gasteiger charge is -2.25. The van der Waals surface area contributed by atoms with Gasteiger partial charge in [0.1, 0.15) is 5.92 Å². The average Bonchev–Trinajstić information content (AvgIpc) is 4.00. The number of rotatable bonds is 21. The van der Waals surface area contributed by atoms with Gasteiger partial charge in [-0.25, -0.2) is 0 Å². The molecule has 8 bridgehead atoms. The molecule has 2 unspecified atom stereocenters. The van der Waals surface area contributed by atoms with Crippen LogP contribution in [0, 0.1) is 61.2 Å². The summed E-state index contributed by atoms with van der Waals surface area (Å²) in [5.41, 5.74) is 9.00. The minimum absolute atomic E-state index is 0.0266. The third-order valence-electron chi connectivity index (χ3n) is 15.4. The number of hydrogen-bond acceptors (Lipinski definition) is 8. The summed E-state index contributed by atoms with van der Waals surface area (Å²) < 4.78 is 11.2. The maximum absolute atomic E-state index is 14.4. The van der Waals surface area contributed by atoms with Crippen molar-refractivity contribution in [2.24, 2.45) is 47.3 Å². The zero-order chi connectivity index (χ0) is 47.3. The maximum Gasteiger partial charge on any atom is 0.320 e. The highest BCUT2D eigenvalue weighted by atomic mass is 16.5. The molecule has 0 amide bonds. The predicted molar refractivity (Wildman–Crippen MR) is 262 cm³/mol. The molecule has 0 spiro atoms. The molecule has 1 fully saturated rings. The van der Waals surface area contributed by atoms with Gasteiger partial charge in [-0.1, -0.05) is 113 Å². The first-order valence-corrected chi connectivity index (χ1v) is 25.1. The Morgan fingerprint density at radius 3 is 2.00 bits per heavy atom. The molecular weight excluding hydrogens is 813 g/mol. The van der Waals surface area contributed by atoms with Crippen LogP contribution in [0.3, 0.4) is 0 Å².